The lowest BCUT2D eigenvalue weighted by molar-refractivity contribution is 0.643. The number of allylic oxidation sites excluding steroid dienone is 1. The highest BCUT2D eigenvalue weighted by molar-refractivity contribution is 7.99. The van der Waals surface area contributed by atoms with Crippen molar-refractivity contribution >= 4 is 39.3 Å². The summed E-state index contributed by atoms with van der Waals surface area (Å²) in [7, 11) is 0. The molecule has 0 bridgehead atoms. The van der Waals surface area contributed by atoms with Crippen molar-refractivity contribution in [1.29, 1.82) is 0 Å². The Kier molecular flexibility index (Phi) is 4.68. The number of thioether (sulfide) groups is 1. The van der Waals surface area contributed by atoms with Gasteiger partial charge in [-0.2, -0.15) is 11.8 Å². The molecule has 1 aliphatic heterocycles. The maximum atomic E-state index is 13.2. The number of rotatable bonds is 4. The van der Waals surface area contributed by atoms with E-state index in [4.69, 9.17) is 4.98 Å². The number of anilines is 1. The molecule has 4 nitrogen and oxygen atoms in total. The number of aryl methyl sites for hydroxylation is 2. The van der Waals surface area contributed by atoms with Crippen molar-refractivity contribution in [2.45, 2.75) is 51.1 Å². The highest BCUT2D eigenvalue weighted by Gasteiger charge is 2.23. The second kappa shape index (κ2) is 6.92. The normalized spacial score (nSPS) is 18.5. The minimum Gasteiger partial charge on any atom is -0.353 e. The van der Waals surface area contributed by atoms with Crippen LogP contribution in [0.15, 0.2) is 17.4 Å². The Bertz CT molecular complexity index is 818. The Balaban J connectivity index is 1.81. The topological polar surface area (TPSA) is 46.9 Å². The fourth-order valence-electron chi connectivity index (χ4n) is 3.67. The average Bonchev–Trinajstić information content (AvgIpc) is 2.97. The first kappa shape index (κ1) is 16.2. The highest BCUT2D eigenvalue weighted by Crippen LogP contribution is 2.34. The summed E-state index contributed by atoms with van der Waals surface area (Å²) in [5.74, 6) is 3.08. The Hall–Kier alpha value is -1.27. The molecule has 4 rings (SSSR count). The van der Waals surface area contributed by atoms with Crippen LogP contribution in [0.3, 0.4) is 0 Å². The summed E-state index contributed by atoms with van der Waals surface area (Å²) in [6.07, 6.45) is 8.58. The van der Waals surface area contributed by atoms with Gasteiger partial charge in [0.1, 0.15) is 4.83 Å². The number of nitrogens with one attached hydrogen (secondary N) is 1. The summed E-state index contributed by atoms with van der Waals surface area (Å²) in [5.41, 5.74) is 1.36. The summed E-state index contributed by atoms with van der Waals surface area (Å²) in [4.78, 5) is 20.3. The third kappa shape index (κ3) is 2.90. The van der Waals surface area contributed by atoms with Crippen molar-refractivity contribution < 1.29 is 0 Å². The smallest absolute Gasteiger partial charge is 0.264 e. The molecule has 1 aliphatic carbocycles. The molecule has 2 aromatic rings. The Morgan fingerprint density at radius 3 is 2.88 bits per heavy atom. The molecular weight excluding hydrogens is 338 g/mol. The molecule has 2 aliphatic rings. The molecule has 0 unspecified atom stereocenters. The van der Waals surface area contributed by atoms with Crippen LogP contribution < -0.4 is 10.9 Å². The fraction of sp³-hybridized carbons (Fsp3) is 0.556. The SMILES string of the molecule is C=CCn1c(NC2CCSCC2)nc2sc3c(c2c1=O)CCCC3. The summed E-state index contributed by atoms with van der Waals surface area (Å²) >= 11 is 3.73. The van der Waals surface area contributed by atoms with Crippen molar-refractivity contribution in [2.24, 2.45) is 0 Å². The molecule has 6 heteroatoms. The Labute approximate surface area is 150 Å². The lowest BCUT2D eigenvalue weighted by Crippen LogP contribution is -2.31. The lowest BCUT2D eigenvalue weighted by Gasteiger charge is -2.24. The van der Waals surface area contributed by atoms with E-state index in [2.05, 4.69) is 11.9 Å². The van der Waals surface area contributed by atoms with Gasteiger partial charge in [-0.15, -0.1) is 17.9 Å². The van der Waals surface area contributed by atoms with Crippen LogP contribution in [0.5, 0.6) is 0 Å². The molecule has 0 amide bonds. The summed E-state index contributed by atoms with van der Waals surface area (Å²) in [6, 6.07) is 0.418. The van der Waals surface area contributed by atoms with Crippen molar-refractivity contribution in [3.05, 3.63) is 33.4 Å². The van der Waals surface area contributed by atoms with Crippen LogP contribution in [0.2, 0.25) is 0 Å². The van der Waals surface area contributed by atoms with Gasteiger partial charge in [-0.1, -0.05) is 6.08 Å². The van der Waals surface area contributed by atoms with Crippen LogP contribution in [0, 0.1) is 0 Å². The average molecular weight is 362 g/mol. The van der Waals surface area contributed by atoms with E-state index < -0.39 is 0 Å². The van der Waals surface area contributed by atoms with E-state index in [1.165, 1.54) is 34.8 Å². The summed E-state index contributed by atoms with van der Waals surface area (Å²) in [6.45, 7) is 4.33. The fourth-order valence-corrected chi connectivity index (χ4v) is 6.03. The van der Waals surface area contributed by atoms with E-state index in [0.717, 1.165) is 41.8 Å². The van der Waals surface area contributed by atoms with E-state index in [-0.39, 0.29) is 5.56 Å². The van der Waals surface area contributed by atoms with Crippen LogP contribution >= 0.6 is 23.1 Å². The van der Waals surface area contributed by atoms with Crippen molar-refractivity contribution in [2.75, 3.05) is 16.8 Å². The quantitative estimate of drug-likeness (QED) is 0.841. The number of nitrogens with zero attached hydrogens (tertiary/aromatic N) is 2. The number of hydrogen-bond donors (Lipinski definition) is 1. The van der Waals surface area contributed by atoms with Gasteiger partial charge >= 0.3 is 0 Å². The first-order valence-corrected chi connectivity index (χ1v) is 10.8. The van der Waals surface area contributed by atoms with E-state index in [1.807, 2.05) is 11.8 Å². The molecule has 0 saturated carbocycles. The van der Waals surface area contributed by atoms with Crippen LogP contribution in [-0.4, -0.2) is 27.1 Å². The van der Waals surface area contributed by atoms with E-state index in [9.17, 15) is 4.79 Å². The van der Waals surface area contributed by atoms with E-state index >= 15 is 0 Å². The molecule has 0 spiro atoms. The second-order valence-electron chi connectivity index (χ2n) is 6.56. The maximum Gasteiger partial charge on any atom is 0.264 e. The number of thiophene rings is 1. The number of fused-ring (bicyclic) bond motifs is 3. The van der Waals surface area contributed by atoms with E-state index in [0.29, 0.717) is 12.6 Å². The van der Waals surface area contributed by atoms with Gasteiger partial charge in [0, 0.05) is 17.5 Å². The van der Waals surface area contributed by atoms with E-state index in [1.54, 1.807) is 22.0 Å². The zero-order valence-electron chi connectivity index (χ0n) is 13.8. The second-order valence-corrected chi connectivity index (χ2v) is 8.87. The Morgan fingerprint density at radius 1 is 1.29 bits per heavy atom. The third-order valence-corrected chi connectivity index (χ3v) is 7.18. The Morgan fingerprint density at radius 2 is 2.08 bits per heavy atom. The third-order valence-electron chi connectivity index (χ3n) is 4.94. The largest absolute Gasteiger partial charge is 0.353 e. The van der Waals surface area contributed by atoms with Crippen molar-refractivity contribution in [1.82, 2.24) is 9.55 Å². The van der Waals surface area contributed by atoms with Crippen molar-refractivity contribution in [3.63, 3.8) is 0 Å². The molecule has 3 heterocycles. The van der Waals surface area contributed by atoms with Gasteiger partial charge in [0.25, 0.3) is 5.56 Å². The molecule has 1 fully saturated rings. The first-order chi connectivity index (χ1) is 11.8. The minimum atomic E-state index is 0.104. The van der Waals surface area contributed by atoms with Crippen molar-refractivity contribution in [3.8, 4) is 0 Å². The summed E-state index contributed by atoms with van der Waals surface area (Å²) in [5, 5.41) is 4.41. The monoisotopic (exact) mass is 361 g/mol. The highest BCUT2D eigenvalue weighted by atomic mass is 32.2. The zero-order valence-corrected chi connectivity index (χ0v) is 15.5. The van der Waals surface area contributed by atoms with Crippen LogP contribution in [0.4, 0.5) is 5.95 Å². The lowest BCUT2D eigenvalue weighted by atomic mass is 9.97. The predicted molar refractivity (Wildman–Crippen MR) is 105 cm³/mol. The molecule has 1 N–H and O–H groups in total. The van der Waals surface area contributed by atoms with Crippen LogP contribution in [-0.2, 0) is 19.4 Å². The molecule has 0 atom stereocenters. The molecule has 24 heavy (non-hydrogen) atoms. The molecule has 0 radical (unpaired) electrons. The van der Waals surface area contributed by atoms with Gasteiger partial charge in [0.05, 0.1) is 5.39 Å². The van der Waals surface area contributed by atoms with Gasteiger partial charge in [-0.25, -0.2) is 4.98 Å². The number of aromatic nitrogens is 2. The number of hydrogen-bond acceptors (Lipinski definition) is 5. The molecular formula is C18H23N3OS2. The first-order valence-electron chi connectivity index (χ1n) is 8.78. The zero-order chi connectivity index (χ0) is 16.5. The molecule has 2 aromatic heterocycles. The maximum absolute atomic E-state index is 13.2. The standard InChI is InChI=1S/C18H23N3OS2/c1-2-9-21-17(22)15-13-5-3-4-6-14(13)24-16(15)20-18(21)19-12-7-10-23-11-8-12/h2,12H,1,3-11H2,(H,19,20). The van der Waals surface area contributed by atoms with Gasteiger partial charge in [0.2, 0.25) is 5.95 Å². The molecule has 0 aromatic carbocycles. The predicted octanol–water partition coefficient (Wildman–Crippen LogP) is 3.83. The van der Waals surface area contributed by atoms with Gasteiger partial charge < -0.3 is 5.32 Å². The van der Waals surface area contributed by atoms with Crippen LogP contribution in [0.1, 0.15) is 36.1 Å². The minimum absolute atomic E-state index is 0.104. The van der Waals surface area contributed by atoms with Gasteiger partial charge in [-0.3, -0.25) is 9.36 Å². The molecule has 1 saturated heterocycles. The van der Waals surface area contributed by atoms with Crippen LogP contribution in [0.25, 0.3) is 10.2 Å². The van der Waals surface area contributed by atoms with Gasteiger partial charge in [0.15, 0.2) is 0 Å². The molecule has 128 valence electrons. The van der Waals surface area contributed by atoms with Gasteiger partial charge in [-0.05, 0) is 55.6 Å². The summed E-state index contributed by atoms with van der Waals surface area (Å²) < 4.78 is 1.78.